The van der Waals surface area contributed by atoms with Gasteiger partial charge in [0, 0.05) is 0 Å². The smallest absolute Gasteiger partial charge is 0.00474 e. The average molecular weight is 202 g/mol. The van der Waals surface area contributed by atoms with Crippen molar-refractivity contribution >= 4 is 0 Å². The summed E-state index contributed by atoms with van der Waals surface area (Å²) in [6.45, 7) is 11.1. The van der Waals surface area contributed by atoms with Crippen molar-refractivity contribution in [2.75, 3.05) is 0 Å². The Morgan fingerprint density at radius 2 is 2.27 bits per heavy atom. The third kappa shape index (κ3) is 1.71. The zero-order valence-electron chi connectivity index (χ0n) is 10.2. The van der Waals surface area contributed by atoms with Gasteiger partial charge in [0.05, 0.1) is 0 Å². The van der Waals surface area contributed by atoms with E-state index in [0.717, 1.165) is 5.92 Å². The quantitative estimate of drug-likeness (QED) is 0.549. The van der Waals surface area contributed by atoms with Crippen LogP contribution in [0.1, 0.15) is 40.0 Å². The average Bonchev–Trinajstić information content (AvgIpc) is 2.19. The van der Waals surface area contributed by atoms with Crippen molar-refractivity contribution in [1.29, 1.82) is 0 Å². The first-order valence-corrected chi connectivity index (χ1v) is 6.07. The van der Waals surface area contributed by atoms with Crippen LogP contribution in [0, 0.1) is 17.3 Å². The van der Waals surface area contributed by atoms with Gasteiger partial charge in [-0.3, -0.25) is 0 Å². The molecule has 0 nitrogen and oxygen atoms in total. The molecule has 2 aliphatic carbocycles. The second-order valence-corrected chi connectivity index (χ2v) is 5.57. The van der Waals surface area contributed by atoms with Crippen molar-refractivity contribution in [3.05, 3.63) is 36.0 Å². The Kier molecular flexibility index (Phi) is 2.62. The number of hydrogen-bond acceptors (Lipinski definition) is 0. The van der Waals surface area contributed by atoms with Gasteiger partial charge in [-0.05, 0) is 43.4 Å². The van der Waals surface area contributed by atoms with Crippen molar-refractivity contribution < 1.29 is 0 Å². The van der Waals surface area contributed by atoms with Gasteiger partial charge in [-0.15, -0.1) is 0 Å². The van der Waals surface area contributed by atoms with Gasteiger partial charge < -0.3 is 0 Å². The lowest BCUT2D eigenvalue weighted by molar-refractivity contribution is 0.197. The zero-order valence-corrected chi connectivity index (χ0v) is 10.2. The Bertz CT molecular complexity index is 332. The number of rotatable bonds is 1. The minimum atomic E-state index is 0.399. The second kappa shape index (κ2) is 3.66. The van der Waals surface area contributed by atoms with E-state index >= 15 is 0 Å². The van der Waals surface area contributed by atoms with E-state index in [1.54, 1.807) is 5.57 Å². The van der Waals surface area contributed by atoms with Gasteiger partial charge in [-0.1, -0.05) is 49.8 Å². The van der Waals surface area contributed by atoms with Gasteiger partial charge in [0.25, 0.3) is 0 Å². The molecule has 2 rings (SSSR count). The minimum Gasteiger partial charge on any atom is -0.0999 e. The summed E-state index contributed by atoms with van der Waals surface area (Å²) < 4.78 is 0. The Labute approximate surface area is 93.8 Å². The highest BCUT2D eigenvalue weighted by Gasteiger charge is 2.40. The predicted octanol–water partition coefficient (Wildman–Crippen LogP) is 4.50. The van der Waals surface area contributed by atoms with Crippen molar-refractivity contribution in [2.24, 2.45) is 17.3 Å². The van der Waals surface area contributed by atoms with Gasteiger partial charge in [0.1, 0.15) is 0 Å². The first-order valence-electron chi connectivity index (χ1n) is 6.07. The van der Waals surface area contributed by atoms with Crippen LogP contribution < -0.4 is 0 Å². The Balaban J connectivity index is 2.26. The molecule has 2 aliphatic rings. The molecule has 1 fully saturated rings. The molecule has 0 aromatic carbocycles. The van der Waals surface area contributed by atoms with E-state index in [9.17, 15) is 0 Å². The summed E-state index contributed by atoms with van der Waals surface area (Å²) in [5.41, 5.74) is 3.43. The van der Waals surface area contributed by atoms with E-state index in [2.05, 4.69) is 45.6 Å². The van der Waals surface area contributed by atoms with Crippen LogP contribution in [-0.4, -0.2) is 0 Å². The molecule has 0 bridgehead atoms. The molecule has 0 heteroatoms. The summed E-state index contributed by atoms with van der Waals surface area (Å²) in [4.78, 5) is 0. The van der Waals surface area contributed by atoms with Crippen molar-refractivity contribution in [3.8, 4) is 0 Å². The van der Waals surface area contributed by atoms with Gasteiger partial charge in [-0.25, -0.2) is 0 Å². The molecule has 15 heavy (non-hydrogen) atoms. The summed E-state index contributed by atoms with van der Waals surface area (Å²) in [7, 11) is 0. The summed E-state index contributed by atoms with van der Waals surface area (Å²) >= 11 is 0. The molecule has 0 amide bonds. The zero-order chi connectivity index (χ0) is 11.1. The normalized spacial score (nSPS) is 39.5. The van der Waals surface area contributed by atoms with Gasteiger partial charge in [0.2, 0.25) is 0 Å². The minimum absolute atomic E-state index is 0.399. The fourth-order valence-electron chi connectivity index (χ4n) is 3.08. The van der Waals surface area contributed by atoms with Crippen LogP contribution in [0.3, 0.4) is 0 Å². The van der Waals surface area contributed by atoms with Crippen molar-refractivity contribution in [1.82, 2.24) is 0 Å². The largest absolute Gasteiger partial charge is 0.0999 e. The first kappa shape index (κ1) is 10.7. The SMILES string of the molecule is C=C(C)[C@@H]1CCC2=CC=C[C@@H](C)[C@@]2(C)C1. The summed E-state index contributed by atoms with van der Waals surface area (Å²) in [6.07, 6.45) is 10.8. The molecular weight excluding hydrogens is 180 g/mol. The molecule has 0 radical (unpaired) electrons. The Morgan fingerprint density at radius 3 is 2.93 bits per heavy atom. The van der Waals surface area contributed by atoms with Crippen LogP contribution in [0.2, 0.25) is 0 Å². The van der Waals surface area contributed by atoms with E-state index < -0.39 is 0 Å². The van der Waals surface area contributed by atoms with E-state index in [-0.39, 0.29) is 0 Å². The van der Waals surface area contributed by atoms with Gasteiger partial charge in [-0.2, -0.15) is 0 Å². The maximum Gasteiger partial charge on any atom is -0.00474 e. The second-order valence-electron chi connectivity index (χ2n) is 5.57. The van der Waals surface area contributed by atoms with Gasteiger partial charge >= 0.3 is 0 Å². The molecule has 0 N–H and O–H groups in total. The molecule has 0 aromatic rings. The molecule has 0 saturated heterocycles. The van der Waals surface area contributed by atoms with Crippen molar-refractivity contribution in [2.45, 2.75) is 40.0 Å². The first-order chi connectivity index (χ1) is 7.04. The van der Waals surface area contributed by atoms with E-state index in [1.165, 1.54) is 24.8 Å². The molecule has 0 unspecified atom stereocenters. The number of fused-ring (bicyclic) bond motifs is 1. The Morgan fingerprint density at radius 1 is 1.53 bits per heavy atom. The maximum absolute atomic E-state index is 4.14. The molecule has 0 aliphatic heterocycles. The molecule has 0 heterocycles. The van der Waals surface area contributed by atoms with E-state index in [0.29, 0.717) is 11.3 Å². The summed E-state index contributed by atoms with van der Waals surface area (Å²) in [5, 5.41) is 0. The number of allylic oxidation sites excluding steroid dienone is 5. The topological polar surface area (TPSA) is 0 Å². The highest BCUT2D eigenvalue weighted by molar-refractivity contribution is 5.30. The molecule has 1 saturated carbocycles. The highest BCUT2D eigenvalue weighted by atomic mass is 14.4. The van der Waals surface area contributed by atoms with Crippen LogP contribution in [0.15, 0.2) is 36.0 Å². The van der Waals surface area contributed by atoms with E-state index in [4.69, 9.17) is 0 Å². The maximum atomic E-state index is 4.14. The van der Waals surface area contributed by atoms with E-state index in [1.807, 2.05) is 0 Å². The van der Waals surface area contributed by atoms with Crippen LogP contribution in [-0.2, 0) is 0 Å². The monoisotopic (exact) mass is 202 g/mol. The summed E-state index contributed by atoms with van der Waals surface area (Å²) in [6, 6.07) is 0. The van der Waals surface area contributed by atoms with Crippen molar-refractivity contribution in [3.63, 3.8) is 0 Å². The lowest BCUT2D eigenvalue weighted by Crippen LogP contribution is -2.35. The lowest BCUT2D eigenvalue weighted by atomic mass is 9.59. The molecule has 0 spiro atoms. The highest BCUT2D eigenvalue weighted by Crippen LogP contribution is 2.51. The van der Waals surface area contributed by atoms with Gasteiger partial charge in [0.15, 0.2) is 0 Å². The molecule has 0 aromatic heterocycles. The summed E-state index contributed by atoms with van der Waals surface area (Å²) in [5.74, 6) is 1.42. The third-order valence-corrected chi connectivity index (χ3v) is 4.57. The van der Waals surface area contributed by atoms with Crippen LogP contribution in [0.25, 0.3) is 0 Å². The molecule has 3 atom stereocenters. The van der Waals surface area contributed by atoms with Crippen LogP contribution >= 0.6 is 0 Å². The third-order valence-electron chi connectivity index (χ3n) is 4.57. The number of hydrogen-bond donors (Lipinski definition) is 0. The standard InChI is InChI=1S/C15H22/c1-11(2)13-8-9-14-7-5-6-12(3)15(14,4)10-13/h5-7,12-13H,1,8-10H2,2-4H3/t12-,13-,15-/m1/s1. The lowest BCUT2D eigenvalue weighted by Gasteiger charge is -2.45. The molecular formula is C15H22. The fourth-order valence-corrected chi connectivity index (χ4v) is 3.08. The predicted molar refractivity (Wildman–Crippen MR) is 66.6 cm³/mol. The molecule has 82 valence electrons. The van der Waals surface area contributed by atoms with Crippen LogP contribution in [0.4, 0.5) is 0 Å². The fraction of sp³-hybridized carbons (Fsp3) is 0.600. The Hall–Kier alpha value is -0.780. The van der Waals surface area contributed by atoms with Crippen LogP contribution in [0.5, 0.6) is 0 Å².